The van der Waals surface area contributed by atoms with E-state index in [1.165, 1.54) is 22.5 Å². The molecular formula is C15H19N. The predicted molar refractivity (Wildman–Crippen MR) is 69.3 cm³/mol. The summed E-state index contributed by atoms with van der Waals surface area (Å²) in [4.78, 5) is 0. The van der Waals surface area contributed by atoms with Gasteiger partial charge in [0, 0.05) is 17.6 Å². The molecule has 0 saturated carbocycles. The van der Waals surface area contributed by atoms with Gasteiger partial charge < -0.3 is 4.57 Å². The highest BCUT2D eigenvalue weighted by Gasteiger charge is 2.04. The van der Waals surface area contributed by atoms with Crippen molar-refractivity contribution in [1.82, 2.24) is 4.57 Å². The van der Waals surface area contributed by atoms with Crippen molar-refractivity contribution < 1.29 is 0 Å². The Bertz CT molecular complexity index is 492. The largest absolute Gasteiger partial charge is 0.321 e. The molecule has 1 heterocycles. The maximum Gasteiger partial charge on any atom is 0.0455 e. The molecule has 0 bridgehead atoms. The van der Waals surface area contributed by atoms with E-state index in [1.54, 1.807) is 0 Å². The highest BCUT2D eigenvalue weighted by Crippen LogP contribution is 2.20. The third-order valence-corrected chi connectivity index (χ3v) is 2.96. The smallest absolute Gasteiger partial charge is 0.0455 e. The summed E-state index contributed by atoms with van der Waals surface area (Å²) in [6, 6.07) is 11.0. The fourth-order valence-electron chi connectivity index (χ4n) is 2.05. The lowest BCUT2D eigenvalue weighted by Gasteiger charge is -2.10. The Morgan fingerprint density at radius 1 is 1.06 bits per heavy atom. The minimum Gasteiger partial charge on any atom is -0.321 e. The van der Waals surface area contributed by atoms with E-state index in [2.05, 4.69) is 68.8 Å². The van der Waals surface area contributed by atoms with E-state index < -0.39 is 0 Å². The molecule has 84 valence electrons. The molecule has 1 heteroatoms. The number of rotatable bonds is 2. The van der Waals surface area contributed by atoms with Gasteiger partial charge in [-0.25, -0.2) is 0 Å². The van der Waals surface area contributed by atoms with Gasteiger partial charge in [-0.05, 0) is 49.1 Å². The van der Waals surface area contributed by atoms with Crippen LogP contribution in [-0.4, -0.2) is 4.57 Å². The summed E-state index contributed by atoms with van der Waals surface area (Å²) < 4.78 is 2.25. The molecule has 0 fully saturated rings. The third-order valence-electron chi connectivity index (χ3n) is 2.96. The Morgan fingerprint density at radius 3 is 2.38 bits per heavy atom. The molecule has 1 aromatic heterocycles. The molecule has 1 nitrogen and oxygen atoms in total. The molecule has 0 amide bonds. The van der Waals surface area contributed by atoms with Crippen molar-refractivity contribution in [2.24, 2.45) is 0 Å². The van der Waals surface area contributed by atoms with E-state index in [-0.39, 0.29) is 0 Å². The fraction of sp³-hybridized carbons (Fsp3) is 0.333. The van der Waals surface area contributed by atoms with Crippen LogP contribution >= 0.6 is 0 Å². The number of aryl methyl sites for hydroxylation is 2. The van der Waals surface area contributed by atoms with Gasteiger partial charge in [-0.15, -0.1) is 0 Å². The van der Waals surface area contributed by atoms with Crippen LogP contribution < -0.4 is 0 Å². The quantitative estimate of drug-likeness (QED) is 0.704. The number of hydrogen-bond donors (Lipinski definition) is 0. The normalized spacial score (nSPS) is 11.1. The Morgan fingerprint density at radius 2 is 1.81 bits per heavy atom. The van der Waals surface area contributed by atoms with Gasteiger partial charge in [0.15, 0.2) is 0 Å². The van der Waals surface area contributed by atoms with Gasteiger partial charge >= 0.3 is 0 Å². The number of aromatic nitrogens is 1. The van der Waals surface area contributed by atoms with Crippen LogP contribution in [0.4, 0.5) is 0 Å². The lowest BCUT2D eigenvalue weighted by atomic mass is 10.0. The second-order valence-corrected chi connectivity index (χ2v) is 4.78. The first-order chi connectivity index (χ1) is 7.58. The highest BCUT2D eigenvalue weighted by molar-refractivity contribution is 5.40. The SMILES string of the molecule is Cc1cc(C)n(-c2cccc(C(C)C)c2)c1. The fourth-order valence-corrected chi connectivity index (χ4v) is 2.05. The summed E-state index contributed by atoms with van der Waals surface area (Å²) in [5, 5.41) is 0. The summed E-state index contributed by atoms with van der Waals surface area (Å²) in [5.41, 5.74) is 5.26. The maximum absolute atomic E-state index is 2.27. The molecule has 0 atom stereocenters. The van der Waals surface area contributed by atoms with E-state index >= 15 is 0 Å². The van der Waals surface area contributed by atoms with Crippen molar-refractivity contribution >= 4 is 0 Å². The van der Waals surface area contributed by atoms with Crippen LogP contribution in [0.2, 0.25) is 0 Å². The molecule has 0 aliphatic carbocycles. The Balaban J connectivity index is 2.48. The molecule has 2 aromatic rings. The van der Waals surface area contributed by atoms with Gasteiger partial charge in [-0.1, -0.05) is 26.0 Å². The Hall–Kier alpha value is -1.50. The second-order valence-electron chi connectivity index (χ2n) is 4.78. The zero-order valence-electron chi connectivity index (χ0n) is 10.5. The van der Waals surface area contributed by atoms with Gasteiger partial charge in [0.25, 0.3) is 0 Å². The van der Waals surface area contributed by atoms with E-state index in [0.717, 1.165) is 0 Å². The first-order valence-corrected chi connectivity index (χ1v) is 5.84. The summed E-state index contributed by atoms with van der Waals surface area (Å²) in [6.45, 7) is 8.74. The Labute approximate surface area is 97.7 Å². The van der Waals surface area contributed by atoms with Crippen LogP contribution in [-0.2, 0) is 0 Å². The van der Waals surface area contributed by atoms with Gasteiger partial charge in [-0.3, -0.25) is 0 Å². The molecule has 0 aliphatic heterocycles. The zero-order valence-corrected chi connectivity index (χ0v) is 10.5. The zero-order chi connectivity index (χ0) is 11.7. The van der Waals surface area contributed by atoms with Crippen LogP contribution in [0.15, 0.2) is 36.5 Å². The standard InChI is InChI=1S/C15H19N/c1-11(2)14-6-5-7-15(9-14)16-10-12(3)8-13(16)4/h5-11H,1-4H3. The van der Waals surface area contributed by atoms with Gasteiger partial charge in [0.2, 0.25) is 0 Å². The lowest BCUT2D eigenvalue weighted by Crippen LogP contribution is -1.96. The summed E-state index contributed by atoms with van der Waals surface area (Å²) in [7, 11) is 0. The van der Waals surface area contributed by atoms with Crippen LogP contribution in [0, 0.1) is 13.8 Å². The van der Waals surface area contributed by atoms with Crippen molar-refractivity contribution in [2.75, 3.05) is 0 Å². The lowest BCUT2D eigenvalue weighted by molar-refractivity contribution is 0.861. The molecule has 0 unspecified atom stereocenters. The molecule has 0 N–H and O–H groups in total. The van der Waals surface area contributed by atoms with Gasteiger partial charge in [-0.2, -0.15) is 0 Å². The van der Waals surface area contributed by atoms with Gasteiger partial charge in [0.05, 0.1) is 0 Å². The maximum atomic E-state index is 2.27. The van der Waals surface area contributed by atoms with Crippen molar-refractivity contribution in [3.8, 4) is 5.69 Å². The highest BCUT2D eigenvalue weighted by atomic mass is 15.0. The van der Waals surface area contributed by atoms with E-state index in [9.17, 15) is 0 Å². The molecule has 0 spiro atoms. The van der Waals surface area contributed by atoms with Crippen molar-refractivity contribution in [3.05, 3.63) is 53.3 Å². The summed E-state index contributed by atoms with van der Waals surface area (Å²) in [6.07, 6.45) is 2.19. The van der Waals surface area contributed by atoms with E-state index in [4.69, 9.17) is 0 Å². The number of hydrogen-bond acceptors (Lipinski definition) is 0. The Kier molecular flexibility index (Phi) is 2.86. The van der Waals surface area contributed by atoms with Crippen molar-refractivity contribution in [2.45, 2.75) is 33.6 Å². The molecule has 0 saturated heterocycles. The summed E-state index contributed by atoms with van der Waals surface area (Å²) >= 11 is 0. The van der Waals surface area contributed by atoms with Crippen molar-refractivity contribution in [1.29, 1.82) is 0 Å². The average molecular weight is 213 g/mol. The van der Waals surface area contributed by atoms with Crippen LogP contribution in [0.1, 0.15) is 36.6 Å². The molecular weight excluding hydrogens is 194 g/mol. The molecule has 16 heavy (non-hydrogen) atoms. The first-order valence-electron chi connectivity index (χ1n) is 5.84. The topological polar surface area (TPSA) is 4.93 Å². The van der Waals surface area contributed by atoms with Crippen molar-refractivity contribution in [3.63, 3.8) is 0 Å². The first kappa shape index (κ1) is 11.0. The van der Waals surface area contributed by atoms with Gasteiger partial charge in [0.1, 0.15) is 0 Å². The second kappa shape index (κ2) is 4.17. The van der Waals surface area contributed by atoms with Crippen LogP contribution in [0.25, 0.3) is 5.69 Å². The third kappa shape index (κ3) is 2.04. The van der Waals surface area contributed by atoms with E-state index in [0.29, 0.717) is 5.92 Å². The van der Waals surface area contributed by atoms with Crippen LogP contribution in [0.3, 0.4) is 0 Å². The minimum atomic E-state index is 0.580. The summed E-state index contributed by atoms with van der Waals surface area (Å²) in [5.74, 6) is 0.580. The molecule has 2 rings (SSSR count). The minimum absolute atomic E-state index is 0.580. The molecule has 0 aliphatic rings. The number of benzene rings is 1. The van der Waals surface area contributed by atoms with E-state index in [1.807, 2.05) is 0 Å². The molecule has 0 radical (unpaired) electrons. The number of nitrogens with zero attached hydrogens (tertiary/aromatic N) is 1. The monoisotopic (exact) mass is 213 g/mol. The van der Waals surface area contributed by atoms with Crippen LogP contribution in [0.5, 0.6) is 0 Å². The molecule has 1 aromatic carbocycles. The average Bonchev–Trinajstić information content (AvgIpc) is 2.58. The predicted octanol–water partition coefficient (Wildman–Crippen LogP) is 4.22.